The molecular weight excluding hydrogens is 248 g/mol. The van der Waals surface area contributed by atoms with Crippen LogP contribution in [0.3, 0.4) is 0 Å². The van der Waals surface area contributed by atoms with Crippen LogP contribution >= 0.6 is 11.8 Å². The highest BCUT2D eigenvalue weighted by Gasteiger charge is 2.25. The standard InChI is InChI=1S/C12H20N4OS/c1-4-9(5-2)10-6-13-12(18-10)14-7-11-15-8(3)17-16-11/h9-10H,4-7H2,1-3H3,(H,13,14). The Morgan fingerprint density at radius 1 is 1.44 bits per heavy atom. The number of thioether (sulfide) groups is 1. The molecule has 1 unspecified atom stereocenters. The molecule has 0 spiro atoms. The number of amidine groups is 1. The maximum atomic E-state index is 4.93. The maximum Gasteiger partial charge on any atom is 0.223 e. The molecule has 1 aliphatic rings. The van der Waals surface area contributed by atoms with Crippen molar-refractivity contribution < 1.29 is 4.52 Å². The fourth-order valence-corrected chi connectivity index (χ4v) is 3.43. The second-order valence-electron chi connectivity index (χ2n) is 4.46. The summed E-state index contributed by atoms with van der Waals surface area (Å²) in [6, 6.07) is 0. The molecule has 2 rings (SSSR count). The highest BCUT2D eigenvalue weighted by molar-refractivity contribution is 8.14. The first-order chi connectivity index (χ1) is 8.72. The number of aryl methyl sites for hydroxylation is 1. The normalized spacial score (nSPS) is 19.3. The molecule has 0 fully saturated rings. The predicted octanol–water partition coefficient (Wildman–Crippen LogP) is 2.38. The topological polar surface area (TPSA) is 63.3 Å². The van der Waals surface area contributed by atoms with Crippen molar-refractivity contribution in [3.63, 3.8) is 0 Å². The highest BCUT2D eigenvalue weighted by Crippen LogP contribution is 2.30. The lowest BCUT2D eigenvalue weighted by Crippen LogP contribution is -2.21. The minimum atomic E-state index is 0.582. The third-order valence-electron chi connectivity index (χ3n) is 3.22. The van der Waals surface area contributed by atoms with Crippen LogP contribution in [0.1, 0.15) is 38.4 Å². The van der Waals surface area contributed by atoms with Gasteiger partial charge in [0.2, 0.25) is 5.89 Å². The average molecular weight is 268 g/mol. The summed E-state index contributed by atoms with van der Waals surface area (Å²) in [7, 11) is 0. The van der Waals surface area contributed by atoms with E-state index in [1.54, 1.807) is 6.92 Å². The van der Waals surface area contributed by atoms with Gasteiger partial charge < -0.3 is 9.84 Å². The summed E-state index contributed by atoms with van der Waals surface area (Å²) in [5.41, 5.74) is 0. The minimum Gasteiger partial charge on any atom is -0.357 e. The second kappa shape index (κ2) is 6.22. The van der Waals surface area contributed by atoms with E-state index in [-0.39, 0.29) is 0 Å². The number of aliphatic imine (C=N–C) groups is 1. The lowest BCUT2D eigenvalue weighted by Gasteiger charge is -2.18. The largest absolute Gasteiger partial charge is 0.357 e. The van der Waals surface area contributed by atoms with Crippen molar-refractivity contribution >= 4 is 16.9 Å². The molecule has 5 nitrogen and oxygen atoms in total. The number of aromatic nitrogens is 2. The van der Waals surface area contributed by atoms with Gasteiger partial charge in [-0.05, 0) is 5.92 Å². The Kier molecular flexibility index (Phi) is 4.63. The molecule has 1 aliphatic heterocycles. The summed E-state index contributed by atoms with van der Waals surface area (Å²) in [6.45, 7) is 7.80. The van der Waals surface area contributed by atoms with E-state index < -0.39 is 0 Å². The fraction of sp³-hybridized carbons (Fsp3) is 0.750. The molecule has 6 heteroatoms. The van der Waals surface area contributed by atoms with Crippen molar-refractivity contribution in [1.29, 1.82) is 0 Å². The minimum absolute atomic E-state index is 0.582. The summed E-state index contributed by atoms with van der Waals surface area (Å²) in [4.78, 5) is 8.69. The van der Waals surface area contributed by atoms with Gasteiger partial charge in [0.05, 0.1) is 13.1 Å². The Hall–Kier alpha value is -1.04. The molecule has 0 saturated heterocycles. The van der Waals surface area contributed by atoms with Crippen LogP contribution in [-0.2, 0) is 6.54 Å². The van der Waals surface area contributed by atoms with Crippen molar-refractivity contribution in [3.8, 4) is 0 Å². The molecule has 2 heterocycles. The summed E-state index contributed by atoms with van der Waals surface area (Å²) in [5.74, 6) is 2.04. The fourth-order valence-electron chi connectivity index (χ4n) is 2.12. The van der Waals surface area contributed by atoms with Crippen LogP contribution in [0.2, 0.25) is 0 Å². The van der Waals surface area contributed by atoms with E-state index in [0.29, 0.717) is 23.5 Å². The van der Waals surface area contributed by atoms with Gasteiger partial charge in [-0.2, -0.15) is 4.98 Å². The summed E-state index contributed by atoms with van der Waals surface area (Å²) in [5, 5.41) is 8.75. The quantitative estimate of drug-likeness (QED) is 0.888. The van der Waals surface area contributed by atoms with Crippen LogP contribution in [0.5, 0.6) is 0 Å². The van der Waals surface area contributed by atoms with Crippen molar-refractivity contribution in [2.45, 2.75) is 45.4 Å². The lowest BCUT2D eigenvalue weighted by atomic mass is 9.99. The Morgan fingerprint density at radius 3 is 2.83 bits per heavy atom. The zero-order valence-corrected chi connectivity index (χ0v) is 12.0. The maximum absolute atomic E-state index is 4.93. The summed E-state index contributed by atoms with van der Waals surface area (Å²) in [6.07, 6.45) is 2.45. The first kappa shape index (κ1) is 13.4. The first-order valence-corrected chi connectivity index (χ1v) is 7.35. The molecule has 0 aromatic carbocycles. The van der Waals surface area contributed by atoms with Gasteiger partial charge >= 0.3 is 0 Å². The van der Waals surface area contributed by atoms with Crippen molar-refractivity contribution in [2.75, 3.05) is 6.54 Å². The molecule has 1 aromatic heterocycles. The van der Waals surface area contributed by atoms with Crippen LogP contribution in [0.25, 0.3) is 0 Å². The molecule has 0 amide bonds. The van der Waals surface area contributed by atoms with E-state index in [9.17, 15) is 0 Å². The number of hydrogen-bond acceptors (Lipinski definition) is 6. The third kappa shape index (κ3) is 3.25. The molecule has 1 N–H and O–H groups in total. The van der Waals surface area contributed by atoms with E-state index >= 15 is 0 Å². The van der Waals surface area contributed by atoms with Gasteiger partial charge in [0.25, 0.3) is 0 Å². The van der Waals surface area contributed by atoms with Gasteiger partial charge in [0.15, 0.2) is 11.0 Å². The van der Waals surface area contributed by atoms with Crippen LogP contribution < -0.4 is 5.32 Å². The van der Waals surface area contributed by atoms with Crippen LogP contribution in [0.4, 0.5) is 0 Å². The highest BCUT2D eigenvalue weighted by atomic mass is 32.2. The van der Waals surface area contributed by atoms with Gasteiger partial charge in [-0.25, -0.2) is 0 Å². The molecule has 0 saturated carbocycles. The number of nitrogens with zero attached hydrogens (tertiary/aromatic N) is 3. The van der Waals surface area contributed by atoms with Crippen molar-refractivity contribution in [3.05, 3.63) is 11.7 Å². The molecule has 0 radical (unpaired) electrons. The Labute approximate surface area is 112 Å². The SMILES string of the molecule is CCC(CC)C1CN=C(NCc2noc(C)n2)S1. The third-order valence-corrected chi connectivity index (χ3v) is 4.55. The lowest BCUT2D eigenvalue weighted by molar-refractivity contribution is 0.387. The summed E-state index contributed by atoms with van der Waals surface area (Å²) < 4.78 is 4.93. The van der Waals surface area contributed by atoms with Crippen LogP contribution in [0, 0.1) is 12.8 Å². The van der Waals surface area contributed by atoms with E-state index in [1.807, 2.05) is 11.8 Å². The Morgan fingerprint density at radius 2 is 2.22 bits per heavy atom. The molecule has 1 atom stereocenters. The van der Waals surface area contributed by atoms with E-state index in [1.165, 1.54) is 12.8 Å². The monoisotopic (exact) mass is 268 g/mol. The zero-order chi connectivity index (χ0) is 13.0. The van der Waals surface area contributed by atoms with E-state index in [2.05, 4.69) is 34.3 Å². The molecule has 18 heavy (non-hydrogen) atoms. The van der Waals surface area contributed by atoms with Gasteiger partial charge in [-0.3, -0.25) is 4.99 Å². The molecule has 100 valence electrons. The number of nitrogens with one attached hydrogen (secondary N) is 1. The van der Waals surface area contributed by atoms with Gasteiger partial charge in [-0.15, -0.1) is 0 Å². The van der Waals surface area contributed by atoms with E-state index in [0.717, 1.165) is 17.6 Å². The molecular formula is C12H20N4OS. The van der Waals surface area contributed by atoms with Gasteiger partial charge in [0.1, 0.15) is 0 Å². The average Bonchev–Trinajstić information content (AvgIpc) is 2.98. The van der Waals surface area contributed by atoms with Gasteiger partial charge in [0, 0.05) is 12.2 Å². The Balaban J connectivity index is 1.79. The first-order valence-electron chi connectivity index (χ1n) is 6.47. The van der Waals surface area contributed by atoms with Crippen molar-refractivity contribution in [2.24, 2.45) is 10.9 Å². The molecule has 0 aliphatic carbocycles. The van der Waals surface area contributed by atoms with E-state index in [4.69, 9.17) is 4.52 Å². The molecule has 0 bridgehead atoms. The number of rotatable bonds is 5. The smallest absolute Gasteiger partial charge is 0.223 e. The summed E-state index contributed by atoms with van der Waals surface area (Å²) >= 11 is 1.85. The predicted molar refractivity (Wildman–Crippen MR) is 73.6 cm³/mol. The zero-order valence-electron chi connectivity index (χ0n) is 11.1. The Bertz CT molecular complexity index is 414. The molecule has 1 aromatic rings. The van der Waals surface area contributed by atoms with Crippen molar-refractivity contribution in [1.82, 2.24) is 15.5 Å². The van der Waals surface area contributed by atoms with Gasteiger partial charge in [-0.1, -0.05) is 43.6 Å². The van der Waals surface area contributed by atoms with Crippen LogP contribution in [-0.4, -0.2) is 27.1 Å². The second-order valence-corrected chi connectivity index (χ2v) is 5.69. The number of hydrogen-bond donors (Lipinski definition) is 1. The van der Waals surface area contributed by atoms with Crippen LogP contribution in [0.15, 0.2) is 9.52 Å².